The first kappa shape index (κ1) is 21.4. The molecule has 0 saturated heterocycles. The fourth-order valence-electron chi connectivity index (χ4n) is 2.08. The molecule has 0 aromatic heterocycles. The van der Waals surface area contributed by atoms with E-state index in [9.17, 15) is 13.2 Å². The molecular weight excluding hydrogens is 343 g/mol. The van der Waals surface area contributed by atoms with Gasteiger partial charge in [-0.3, -0.25) is 0 Å². The van der Waals surface area contributed by atoms with Gasteiger partial charge in [-0.15, -0.1) is 0 Å². The van der Waals surface area contributed by atoms with E-state index >= 15 is 0 Å². The van der Waals surface area contributed by atoms with Gasteiger partial charge in [-0.05, 0) is 49.8 Å². The molecule has 0 saturated carbocycles. The van der Waals surface area contributed by atoms with Gasteiger partial charge in [0, 0.05) is 6.04 Å². The molecule has 0 radical (unpaired) electrons. The molecule has 138 valence electrons. The van der Waals surface area contributed by atoms with E-state index in [1.807, 2.05) is 24.3 Å². The van der Waals surface area contributed by atoms with Crippen LogP contribution >= 0.6 is 12.2 Å². The third-order valence-electron chi connectivity index (χ3n) is 3.96. The van der Waals surface area contributed by atoms with E-state index < -0.39 is 11.7 Å². The minimum atomic E-state index is -4.28. The number of nitrogens with one attached hydrogen (secondary N) is 1. The van der Waals surface area contributed by atoms with Crippen LogP contribution < -0.4 is 5.32 Å². The fraction of sp³-hybridized carbons (Fsp3) is 0.450. The molecule has 1 aromatic rings. The predicted molar refractivity (Wildman–Crippen MR) is 103 cm³/mol. The van der Waals surface area contributed by atoms with E-state index in [1.54, 1.807) is 6.07 Å². The highest BCUT2D eigenvalue weighted by atomic mass is 32.1. The zero-order valence-electron chi connectivity index (χ0n) is 14.9. The summed E-state index contributed by atoms with van der Waals surface area (Å²) in [5.74, 6) is 0.512. The lowest BCUT2D eigenvalue weighted by atomic mass is 10.0. The third-order valence-corrected chi connectivity index (χ3v) is 4.21. The standard InChI is InChI=1S/C20H26F3NS/c1-15(2)16(3)24-19(25)13-8-6-4-5-7-10-17-11-9-12-18(14-17)20(21,22)23/h4,6,8-9,11-16H,5,7,10H2,1-3H3,(H,24,25). The number of alkyl halides is 3. The average molecular weight is 369 g/mol. The van der Waals surface area contributed by atoms with E-state index in [0.717, 1.165) is 18.9 Å². The van der Waals surface area contributed by atoms with Crippen LogP contribution in [0, 0.1) is 5.92 Å². The first-order chi connectivity index (χ1) is 11.7. The highest BCUT2D eigenvalue weighted by Crippen LogP contribution is 2.29. The van der Waals surface area contributed by atoms with Gasteiger partial charge in [0.25, 0.3) is 0 Å². The molecule has 1 aromatic carbocycles. The Kier molecular flexibility index (Phi) is 8.90. The van der Waals surface area contributed by atoms with Crippen LogP contribution in [0.15, 0.2) is 48.6 Å². The molecule has 0 spiro atoms. The summed E-state index contributed by atoms with van der Waals surface area (Å²) in [6, 6.07) is 5.85. The Bertz CT molecular complexity index is 603. The maximum Gasteiger partial charge on any atom is 0.416 e. The van der Waals surface area contributed by atoms with E-state index in [1.165, 1.54) is 12.1 Å². The van der Waals surface area contributed by atoms with Gasteiger partial charge < -0.3 is 5.32 Å². The van der Waals surface area contributed by atoms with Crippen LogP contribution in [0.3, 0.4) is 0 Å². The lowest BCUT2D eigenvalue weighted by molar-refractivity contribution is -0.137. The van der Waals surface area contributed by atoms with Gasteiger partial charge in [-0.2, -0.15) is 13.2 Å². The first-order valence-corrected chi connectivity index (χ1v) is 8.91. The number of halogens is 3. The van der Waals surface area contributed by atoms with Crippen molar-refractivity contribution in [2.75, 3.05) is 0 Å². The number of rotatable bonds is 8. The van der Waals surface area contributed by atoms with Crippen molar-refractivity contribution in [2.45, 2.75) is 52.3 Å². The number of allylic oxidation sites excluding steroid dienone is 3. The zero-order valence-corrected chi connectivity index (χ0v) is 15.8. The van der Waals surface area contributed by atoms with Crippen LogP contribution in [-0.4, -0.2) is 11.0 Å². The van der Waals surface area contributed by atoms with Crippen molar-refractivity contribution in [3.63, 3.8) is 0 Å². The fourth-order valence-corrected chi connectivity index (χ4v) is 2.35. The summed E-state index contributed by atoms with van der Waals surface area (Å²) in [5.41, 5.74) is 0.131. The van der Waals surface area contributed by atoms with E-state index in [-0.39, 0.29) is 0 Å². The monoisotopic (exact) mass is 369 g/mol. The number of hydrogen-bond donors (Lipinski definition) is 1. The summed E-state index contributed by atoms with van der Waals surface area (Å²) in [5, 5.41) is 3.24. The zero-order chi connectivity index (χ0) is 18.9. The number of hydrogen-bond acceptors (Lipinski definition) is 1. The van der Waals surface area contributed by atoms with Gasteiger partial charge in [-0.1, -0.05) is 62.5 Å². The first-order valence-electron chi connectivity index (χ1n) is 8.50. The summed E-state index contributed by atoms with van der Waals surface area (Å²) in [6.07, 6.45) is 5.61. The normalized spacial score (nSPS) is 13.7. The third kappa shape index (κ3) is 8.87. The van der Waals surface area contributed by atoms with Crippen molar-refractivity contribution in [3.05, 3.63) is 59.7 Å². The number of benzene rings is 1. The Labute approximate surface area is 154 Å². The second-order valence-corrected chi connectivity index (χ2v) is 6.86. The van der Waals surface area contributed by atoms with E-state index in [0.29, 0.717) is 28.9 Å². The molecule has 0 aliphatic carbocycles. The molecule has 1 nitrogen and oxygen atoms in total. The molecule has 0 aliphatic heterocycles. The topological polar surface area (TPSA) is 12.0 Å². The molecule has 1 atom stereocenters. The Morgan fingerprint density at radius 2 is 1.92 bits per heavy atom. The summed E-state index contributed by atoms with van der Waals surface area (Å²) < 4.78 is 37.9. The van der Waals surface area contributed by atoms with Gasteiger partial charge in [0.1, 0.15) is 0 Å². The SMILES string of the molecule is CC(C)C(C)NC(=S)C=CC=CCCCc1cccc(C(F)(F)F)c1. The maximum atomic E-state index is 12.6. The van der Waals surface area contributed by atoms with Gasteiger partial charge >= 0.3 is 6.18 Å². The second kappa shape index (κ2) is 10.4. The molecule has 1 rings (SSSR count). The highest BCUT2D eigenvalue weighted by molar-refractivity contribution is 7.80. The molecule has 1 unspecified atom stereocenters. The lowest BCUT2D eigenvalue weighted by Crippen LogP contribution is -2.33. The Balaban J connectivity index is 2.33. The van der Waals surface area contributed by atoms with Gasteiger partial charge in [0.15, 0.2) is 0 Å². The highest BCUT2D eigenvalue weighted by Gasteiger charge is 2.30. The van der Waals surface area contributed by atoms with Gasteiger partial charge in [0.05, 0.1) is 10.6 Å². The van der Waals surface area contributed by atoms with Crippen LogP contribution in [0.2, 0.25) is 0 Å². The summed E-state index contributed by atoms with van der Waals surface area (Å²) >= 11 is 5.23. The van der Waals surface area contributed by atoms with Gasteiger partial charge in [-0.25, -0.2) is 0 Å². The Morgan fingerprint density at radius 1 is 1.20 bits per heavy atom. The summed E-state index contributed by atoms with van der Waals surface area (Å²) in [4.78, 5) is 0.704. The van der Waals surface area contributed by atoms with Crippen LogP contribution in [0.5, 0.6) is 0 Å². The predicted octanol–water partition coefficient (Wildman–Crippen LogP) is 6.10. The molecule has 0 amide bonds. The van der Waals surface area contributed by atoms with Crippen molar-refractivity contribution >= 4 is 17.2 Å². The molecule has 5 heteroatoms. The smallest absolute Gasteiger partial charge is 0.374 e. The molecule has 0 heterocycles. The largest absolute Gasteiger partial charge is 0.416 e. The average Bonchev–Trinajstić information content (AvgIpc) is 2.53. The minimum absolute atomic E-state index is 0.327. The van der Waals surface area contributed by atoms with Crippen molar-refractivity contribution in [3.8, 4) is 0 Å². The van der Waals surface area contributed by atoms with Crippen molar-refractivity contribution < 1.29 is 13.2 Å². The van der Waals surface area contributed by atoms with E-state index in [4.69, 9.17) is 12.2 Å². The Hall–Kier alpha value is -1.62. The van der Waals surface area contributed by atoms with Crippen molar-refractivity contribution in [1.29, 1.82) is 0 Å². The maximum absolute atomic E-state index is 12.6. The summed E-state index contributed by atoms with van der Waals surface area (Å²) in [7, 11) is 0. The molecule has 0 fully saturated rings. The number of unbranched alkanes of at least 4 members (excludes halogenated alkanes) is 1. The molecule has 0 bridgehead atoms. The minimum Gasteiger partial charge on any atom is -0.374 e. The van der Waals surface area contributed by atoms with Crippen molar-refractivity contribution in [2.24, 2.45) is 5.92 Å². The number of aryl methyl sites for hydroxylation is 1. The lowest BCUT2D eigenvalue weighted by Gasteiger charge is -2.17. The number of thiocarbonyl (C=S) groups is 1. The van der Waals surface area contributed by atoms with Gasteiger partial charge in [0.2, 0.25) is 0 Å². The van der Waals surface area contributed by atoms with Crippen LogP contribution in [0.4, 0.5) is 13.2 Å². The quantitative estimate of drug-likeness (QED) is 0.257. The van der Waals surface area contributed by atoms with Crippen LogP contribution in [0.25, 0.3) is 0 Å². The molecule has 0 aliphatic rings. The second-order valence-electron chi connectivity index (χ2n) is 6.42. The molecule has 1 N–H and O–H groups in total. The van der Waals surface area contributed by atoms with Crippen molar-refractivity contribution in [1.82, 2.24) is 5.32 Å². The van der Waals surface area contributed by atoms with E-state index in [2.05, 4.69) is 26.1 Å². The summed E-state index contributed by atoms with van der Waals surface area (Å²) in [6.45, 7) is 6.36. The Morgan fingerprint density at radius 3 is 2.56 bits per heavy atom. The van der Waals surface area contributed by atoms with Crippen LogP contribution in [-0.2, 0) is 12.6 Å². The van der Waals surface area contributed by atoms with Crippen LogP contribution in [0.1, 0.15) is 44.7 Å². The molecular formula is C20H26F3NS. The molecule has 25 heavy (non-hydrogen) atoms.